The van der Waals surface area contributed by atoms with Gasteiger partial charge in [0.1, 0.15) is 0 Å². The van der Waals surface area contributed by atoms with Crippen LogP contribution in [0.5, 0.6) is 17.2 Å². The van der Waals surface area contributed by atoms with Crippen LogP contribution in [-0.2, 0) is 12.8 Å². The number of unbranched alkanes of at least 4 members (excludes halogenated alkanes) is 6. The molecule has 0 bridgehead atoms. The lowest BCUT2D eigenvalue weighted by atomic mass is 9.96. The number of carboxylic acid groups (broad SMARTS) is 1. The van der Waals surface area contributed by atoms with E-state index in [9.17, 15) is 9.90 Å². The molecule has 154 valence electrons. The highest BCUT2D eigenvalue weighted by Crippen LogP contribution is 2.43. The predicted molar refractivity (Wildman–Crippen MR) is 108 cm³/mol. The van der Waals surface area contributed by atoms with E-state index in [-0.39, 0.29) is 11.5 Å². The van der Waals surface area contributed by atoms with Crippen molar-refractivity contribution in [3.63, 3.8) is 0 Å². The number of benzene rings is 1. The van der Waals surface area contributed by atoms with E-state index < -0.39 is 6.16 Å². The number of aromatic hydroxyl groups is 1. The molecule has 1 rings (SSSR count). The third kappa shape index (κ3) is 8.10. The standard InChI is InChI=1S/C22H36O5/c1-4-7-10-11-12-15-26-21-18(14-9-6-3)17(13-8-5-2)16-19(20(21)23)27-22(24)25/h16,23H,4-15H2,1-3H3,(H,24,25). The molecule has 0 aromatic heterocycles. The smallest absolute Gasteiger partial charge is 0.502 e. The monoisotopic (exact) mass is 380 g/mol. The Bertz CT molecular complexity index is 568. The fourth-order valence-electron chi connectivity index (χ4n) is 3.14. The first-order valence-electron chi connectivity index (χ1n) is 10.5. The molecule has 2 N–H and O–H groups in total. The molecule has 0 atom stereocenters. The summed E-state index contributed by atoms with van der Waals surface area (Å²) in [6.45, 7) is 6.94. The average Bonchev–Trinajstić information content (AvgIpc) is 2.64. The first-order chi connectivity index (χ1) is 13.0. The van der Waals surface area contributed by atoms with Crippen molar-refractivity contribution in [3.05, 3.63) is 17.2 Å². The molecule has 0 fully saturated rings. The van der Waals surface area contributed by atoms with Gasteiger partial charge in [0.15, 0.2) is 11.5 Å². The maximum atomic E-state index is 11.0. The number of hydrogen-bond donors (Lipinski definition) is 2. The molecule has 0 aliphatic carbocycles. The van der Waals surface area contributed by atoms with Gasteiger partial charge in [0.2, 0.25) is 5.75 Å². The molecule has 0 saturated carbocycles. The van der Waals surface area contributed by atoms with Crippen LogP contribution in [0.1, 0.15) is 89.7 Å². The van der Waals surface area contributed by atoms with Gasteiger partial charge in [-0.25, -0.2) is 4.79 Å². The Hall–Kier alpha value is -1.91. The Morgan fingerprint density at radius 1 is 0.926 bits per heavy atom. The van der Waals surface area contributed by atoms with Gasteiger partial charge in [-0.05, 0) is 43.7 Å². The third-order valence-electron chi connectivity index (χ3n) is 4.69. The van der Waals surface area contributed by atoms with Crippen molar-refractivity contribution in [3.8, 4) is 17.2 Å². The van der Waals surface area contributed by atoms with Crippen molar-refractivity contribution >= 4 is 6.16 Å². The molecule has 0 radical (unpaired) electrons. The van der Waals surface area contributed by atoms with Crippen LogP contribution in [0.25, 0.3) is 0 Å². The van der Waals surface area contributed by atoms with Crippen LogP contribution in [0, 0.1) is 0 Å². The minimum atomic E-state index is -1.43. The van der Waals surface area contributed by atoms with Crippen LogP contribution in [-0.4, -0.2) is 23.0 Å². The van der Waals surface area contributed by atoms with Gasteiger partial charge < -0.3 is 19.7 Å². The van der Waals surface area contributed by atoms with E-state index in [1.54, 1.807) is 6.07 Å². The highest BCUT2D eigenvalue weighted by molar-refractivity contribution is 5.66. The molecular formula is C22H36O5. The molecule has 0 unspecified atom stereocenters. The summed E-state index contributed by atoms with van der Waals surface area (Å²) in [5.41, 5.74) is 2.01. The fourth-order valence-corrected chi connectivity index (χ4v) is 3.14. The van der Waals surface area contributed by atoms with E-state index in [0.717, 1.165) is 62.5 Å². The predicted octanol–water partition coefficient (Wildman–Crippen LogP) is 6.48. The zero-order valence-corrected chi connectivity index (χ0v) is 17.2. The Morgan fingerprint density at radius 2 is 1.56 bits per heavy atom. The van der Waals surface area contributed by atoms with Gasteiger partial charge >= 0.3 is 6.16 Å². The maximum Gasteiger partial charge on any atom is 0.511 e. The second kappa shape index (κ2) is 13.3. The highest BCUT2D eigenvalue weighted by Gasteiger charge is 2.21. The third-order valence-corrected chi connectivity index (χ3v) is 4.69. The number of ether oxygens (including phenoxy) is 2. The molecule has 0 spiro atoms. The Morgan fingerprint density at radius 3 is 2.19 bits per heavy atom. The van der Waals surface area contributed by atoms with Gasteiger partial charge in [-0.15, -0.1) is 0 Å². The minimum Gasteiger partial charge on any atom is -0.502 e. The molecular weight excluding hydrogens is 344 g/mol. The Kier molecular flexibility index (Phi) is 11.4. The van der Waals surface area contributed by atoms with Crippen LogP contribution >= 0.6 is 0 Å². The van der Waals surface area contributed by atoms with Crippen molar-refractivity contribution in [2.45, 2.75) is 91.4 Å². The van der Waals surface area contributed by atoms with Crippen LogP contribution in [0.15, 0.2) is 6.07 Å². The molecule has 0 saturated heterocycles. The van der Waals surface area contributed by atoms with E-state index in [0.29, 0.717) is 12.4 Å². The quantitative estimate of drug-likeness (QED) is 0.219. The van der Waals surface area contributed by atoms with Crippen molar-refractivity contribution in [1.29, 1.82) is 0 Å². The summed E-state index contributed by atoms with van der Waals surface area (Å²) in [6, 6.07) is 1.66. The molecule has 0 aliphatic rings. The van der Waals surface area contributed by atoms with E-state index in [1.165, 1.54) is 19.3 Å². The highest BCUT2D eigenvalue weighted by atomic mass is 16.7. The van der Waals surface area contributed by atoms with Gasteiger partial charge in [-0.3, -0.25) is 0 Å². The van der Waals surface area contributed by atoms with Crippen LogP contribution in [0.4, 0.5) is 4.79 Å². The summed E-state index contributed by atoms with van der Waals surface area (Å²) in [7, 11) is 0. The summed E-state index contributed by atoms with van der Waals surface area (Å²) in [6.07, 6.45) is 9.85. The summed E-state index contributed by atoms with van der Waals surface area (Å²) in [5, 5.41) is 19.6. The largest absolute Gasteiger partial charge is 0.511 e. The lowest BCUT2D eigenvalue weighted by Gasteiger charge is -2.19. The van der Waals surface area contributed by atoms with E-state index in [4.69, 9.17) is 14.6 Å². The molecule has 0 heterocycles. The second-order valence-corrected chi connectivity index (χ2v) is 7.03. The maximum absolute atomic E-state index is 11.0. The van der Waals surface area contributed by atoms with Gasteiger partial charge in [0.25, 0.3) is 0 Å². The van der Waals surface area contributed by atoms with Gasteiger partial charge in [-0.1, -0.05) is 59.3 Å². The Balaban J connectivity index is 3.08. The molecule has 27 heavy (non-hydrogen) atoms. The SMILES string of the molecule is CCCCCCCOc1c(O)c(OC(=O)O)cc(CCCC)c1CCCC. The number of carbonyl (C=O) groups is 1. The number of phenols is 1. The van der Waals surface area contributed by atoms with Crippen LogP contribution in [0.2, 0.25) is 0 Å². The molecule has 5 heteroatoms. The van der Waals surface area contributed by atoms with E-state index in [2.05, 4.69) is 20.8 Å². The lowest BCUT2D eigenvalue weighted by Crippen LogP contribution is -2.08. The number of rotatable bonds is 14. The molecule has 1 aromatic rings. The summed E-state index contributed by atoms with van der Waals surface area (Å²) in [5.74, 6) is 0.177. The first kappa shape index (κ1) is 23.1. The minimum absolute atomic E-state index is 0.0326. The van der Waals surface area contributed by atoms with Gasteiger partial charge in [0.05, 0.1) is 6.61 Å². The topological polar surface area (TPSA) is 76.0 Å². The van der Waals surface area contributed by atoms with Gasteiger partial charge in [0, 0.05) is 5.56 Å². The van der Waals surface area contributed by atoms with E-state index in [1.807, 2.05) is 0 Å². The second-order valence-electron chi connectivity index (χ2n) is 7.03. The van der Waals surface area contributed by atoms with E-state index >= 15 is 0 Å². The molecule has 5 nitrogen and oxygen atoms in total. The lowest BCUT2D eigenvalue weighted by molar-refractivity contribution is 0.142. The average molecular weight is 381 g/mol. The first-order valence-corrected chi connectivity index (χ1v) is 10.5. The van der Waals surface area contributed by atoms with Crippen LogP contribution in [0.3, 0.4) is 0 Å². The molecule has 0 amide bonds. The van der Waals surface area contributed by atoms with Gasteiger partial charge in [-0.2, -0.15) is 0 Å². The normalized spacial score (nSPS) is 10.8. The number of aryl methyl sites for hydroxylation is 1. The zero-order valence-electron chi connectivity index (χ0n) is 17.2. The van der Waals surface area contributed by atoms with Crippen molar-refractivity contribution in [1.82, 2.24) is 0 Å². The molecule has 0 aliphatic heterocycles. The molecule has 1 aromatic carbocycles. The zero-order chi connectivity index (χ0) is 20.1. The van der Waals surface area contributed by atoms with Crippen molar-refractivity contribution in [2.24, 2.45) is 0 Å². The summed E-state index contributed by atoms with van der Waals surface area (Å²) >= 11 is 0. The van der Waals surface area contributed by atoms with Crippen LogP contribution < -0.4 is 9.47 Å². The van der Waals surface area contributed by atoms with Crippen molar-refractivity contribution in [2.75, 3.05) is 6.61 Å². The fraction of sp³-hybridized carbons (Fsp3) is 0.682. The number of phenolic OH excluding ortho intramolecular Hbond substituents is 1. The Labute approximate surface area is 163 Å². The number of hydrogen-bond acceptors (Lipinski definition) is 4. The summed E-state index contributed by atoms with van der Waals surface area (Å²) < 4.78 is 10.8. The van der Waals surface area contributed by atoms with Crippen molar-refractivity contribution < 1.29 is 24.5 Å². The summed E-state index contributed by atoms with van der Waals surface area (Å²) in [4.78, 5) is 11.0.